The molecule has 4 aliphatic rings. The third kappa shape index (κ3) is 4.90. The van der Waals surface area contributed by atoms with Gasteiger partial charge in [-0.15, -0.1) is 11.3 Å². The molecule has 6 rings (SSSR count). The van der Waals surface area contributed by atoms with Gasteiger partial charge in [0.2, 0.25) is 0 Å². The topological polar surface area (TPSA) is 55.9 Å². The summed E-state index contributed by atoms with van der Waals surface area (Å²) >= 11 is 1.86. The molecule has 2 aromatic heterocycles. The molecule has 2 aromatic rings. The molecule has 1 unspecified atom stereocenters. The second-order valence-corrected chi connectivity index (χ2v) is 11.9. The first-order valence-corrected chi connectivity index (χ1v) is 14.4. The van der Waals surface area contributed by atoms with Crippen molar-refractivity contribution in [2.45, 2.75) is 81.1 Å². The number of aromatic nitrogens is 1. The van der Waals surface area contributed by atoms with E-state index in [4.69, 9.17) is 19.2 Å². The Morgan fingerprint density at radius 3 is 2.54 bits per heavy atom. The zero-order chi connectivity index (χ0) is 23.6. The van der Waals surface area contributed by atoms with Crippen LogP contribution in [0.2, 0.25) is 0 Å². The highest BCUT2D eigenvalue weighted by atomic mass is 32.1. The fraction of sp³-hybridized carbons (Fsp3) is 0.679. The molecule has 1 atom stereocenters. The van der Waals surface area contributed by atoms with E-state index in [2.05, 4.69) is 33.8 Å². The zero-order valence-corrected chi connectivity index (χ0v) is 21.6. The van der Waals surface area contributed by atoms with Gasteiger partial charge >= 0.3 is 0 Å². The number of hydrogen-bond acceptors (Lipinski definition) is 7. The minimum Gasteiger partial charge on any atom is -0.375 e. The Balaban J connectivity index is 1.08. The number of anilines is 1. The Morgan fingerprint density at radius 1 is 0.943 bits per heavy atom. The van der Waals surface area contributed by atoms with Crippen molar-refractivity contribution in [3.63, 3.8) is 0 Å². The lowest BCUT2D eigenvalue weighted by Crippen LogP contribution is -2.47. The SMILES string of the molecule is c1ccc(C2(CCNCc3sccc3N3CCC4(CC3)OCCO4)CCOC3(CCCC3)C2)nc1. The molecule has 3 aliphatic heterocycles. The summed E-state index contributed by atoms with van der Waals surface area (Å²) in [5.74, 6) is -0.314. The van der Waals surface area contributed by atoms with E-state index in [1.165, 1.54) is 41.9 Å². The Bertz CT molecular complexity index is 961. The number of rotatable bonds is 7. The predicted molar refractivity (Wildman–Crippen MR) is 139 cm³/mol. The van der Waals surface area contributed by atoms with Crippen molar-refractivity contribution in [3.8, 4) is 0 Å². The maximum Gasteiger partial charge on any atom is 0.171 e. The van der Waals surface area contributed by atoms with E-state index in [1.807, 2.05) is 23.6 Å². The Morgan fingerprint density at radius 2 is 1.77 bits per heavy atom. The Labute approximate surface area is 213 Å². The predicted octanol–water partition coefficient (Wildman–Crippen LogP) is 5.03. The van der Waals surface area contributed by atoms with Crippen molar-refractivity contribution in [2.24, 2.45) is 0 Å². The van der Waals surface area contributed by atoms with Gasteiger partial charge in [-0.05, 0) is 62.2 Å². The lowest BCUT2D eigenvalue weighted by molar-refractivity contribution is -0.169. The minimum absolute atomic E-state index is 0.0784. The highest BCUT2D eigenvalue weighted by Gasteiger charge is 2.48. The fourth-order valence-corrected chi connectivity index (χ4v) is 7.81. The van der Waals surface area contributed by atoms with Gasteiger partial charge in [0, 0.05) is 61.3 Å². The van der Waals surface area contributed by atoms with E-state index in [9.17, 15) is 0 Å². The van der Waals surface area contributed by atoms with E-state index >= 15 is 0 Å². The van der Waals surface area contributed by atoms with Crippen LogP contribution in [0.4, 0.5) is 5.69 Å². The van der Waals surface area contributed by atoms with Crippen molar-refractivity contribution in [1.29, 1.82) is 0 Å². The van der Waals surface area contributed by atoms with Crippen molar-refractivity contribution in [3.05, 3.63) is 46.4 Å². The molecule has 2 spiro atoms. The largest absolute Gasteiger partial charge is 0.375 e. The minimum atomic E-state index is -0.314. The molecule has 6 nitrogen and oxygen atoms in total. The molecule has 35 heavy (non-hydrogen) atoms. The molecule has 7 heteroatoms. The van der Waals surface area contributed by atoms with Crippen molar-refractivity contribution in [1.82, 2.24) is 10.3 Å². The van der Waals surface area contributed by atoms with Crippen LogP contribution in [-0.2, 0) is 26.2 Å². The van der Waals surface area contributed by atoms with Crippen LogP contribution in [0.15, 0.2) is 35.8 Å². The first-order valence-electron chi connectivity index (χ1n) is 13.6. The monoisotopic (exact) mass is 497 g/mol. The van der Waals surface area contributed by atoms with Crippen LogP contribution in [0.25, 0.3) is 0 Å². The van der Waals surface area contributed by atoms with Gasteiger partial charge in [0.1, 0.15) is 0 Å². The molecular weight excluding hydrogens is 458 g/mol. The van der Waals surface area contributed by atoms with E-state index in [0.717, 1.165) is 78.1 Å². The molecule has 0 aromatic carbocycles. The first kappa shape index (κ1) is 23.9. The van der Waals surface area contributed by atoms with Crippen LogP contribution in [0.1, 0.15) is 68.4 Å². The maximum absolute atomic E-state index is 6.42. The summed E-state index contributed by atoms with van der Waals surface area (Å²) < 4.78 is 18.3. The van der Waals surface area contributed by atoms with Gasteiger partial charge in [-0.3, -0.25) is 4.98 Å². The van der Waals surface area contributed by atoms with Gasteiger partial charge in [0.15, 0.2) is 5.79 Å². The van der Waals surface area contributed by atoms with Gasteiger partial charge < -0.3 is 24.4 Å². The summed E-state index contributed by atoms with van der Waals surface area (Å²) in [7, 11) is 0. The van der Waals surface area contributed by atoms with E-state index in [0.29, 0.717) is 0 Å². The summed E-state index contributed by atoms with van der Waals surface area (Å²) in [6.45, 7) is 6.23. The van der Waals surface area contributed by atoms with Gasteiger partial charge in [0.05, 0.1) is 24.5 Å². The maximum atomic E-state index is 6.42. The van der Waals surface area contributed by atoms with E-state index < -0.39 is 0 Å². The number of thiophene rings is 1. The Kier molecular flexibility index (Phi) is 6.88. The van der Waals surface area contributed by atoms with Crippen LogP contribution in [0.3, 0.4) is 0 Å². The lowest BCUT2D eigenvalue weighted by atomic mass is 9.68. The summed E-state index contributed by atoms with van der Waals surface area (Å²) in [6.07, 6.45) is 12.2. The number of pyridine rings is 1. The number of nitrogens with zero attached hydrogens (tertiary/aromatic N) is 2. The van der Waals surface area contributed by atoms with E-state index in [1.54, 1.807) is 0 Å². The molecule has 1 aliphatic carbocycles. The van der Waals surface area contributed by atoms with Gasteiger partial charge in [-0.1, -0.05) is 18.9 Å². The van der Waals surface area contributed by atoms with Crippen LogP contribution >= 0.6 is 11.3 Å². The van der Waals surface area contributed by atoms with Crippen LogP contribution in [-0.4, -0.2) is 55.8 Å². The molecule has 4 fully saturated rings. The van der Waals surface area contributed by atoms with Gasteiger partial charge in [0.25, 0.3) is 0 Å². The molecule has 0 bridgehead atoms. The smallest absolute Gasteiger partial charge is 0.171 e. The van der Waals surface area contributed by atoms with Gasteiger partial charge in [-0.25, -0.2) is 0 Å². The molecule has 0 radical (unpaired) electrons. The summed E-state index contributed by atoms with van der Waals surface area (Å²) in [5, 5.41) is 6.04. The summed E-state index contributed by atoms with van der Waals surface area (Å²) in [5.41, 5.74) is 2.82. The zero-order valence-electron chi connectivity index (χ0n) is 20.8. The second-order valence-electron chi connectivity index (χ2n) is 10.9. The standard InChI is InChI=1S/C28H39N3O3S/c1-4-13-30-25(5-1)26(12-17-32-27(22-26)7-2-3-8-27)9-14-29-21-24-23(6-20-35-24)31-15-10-28(11-16-31)33-18-19-34-28/h1,4-6,13,20,29H,2-3,7-12,14-19,21-22H2. The number of nitrogens with one attached hydrogen (secondary N) is 1. The van der Waals surface area contributed by atoms with Crippen LogP contribution in [0, 0.1) is 0 Å². The number of hydrogen-bond donors (Lipinski definition) is 1. The second kappa shape index (κ2) is 10.1. The molecular formula is C28H39N3O3S. The summed E-state index contributed by atoms with van der Waals surface area (Å²) in [6, 6.07) is 8.71. The third-order valence-corrected chi connectivity index (χ3v) is 9.75. The number of ether oxygens (including phenoxy) is 3. The quantitative estimate of drug-likeness (QED) is 0.542. The molecule has 5 heterocycles. The van der Waals surface area contributed by atoms with Crippen molar-refractivity contribution in [2.75, 3.05) is 44.4 Å². The average molecular weight is 498 g/mol. The molecule has 190 valence electrons. The highest BCUT2D eigenvalue weighted by Crippen LogP contribution is 2.49. The Hall–Kier alpha value is -1.51. The fourth-order valence-electron chi connectivity index (χ4n) is 6.95. The van der Waals surface area contributed by atoms with E-state index in [-0.39, 0.29) is 16.8 Å². The molecule has 1 N–H and O–H groups in total. The molecule has 1 saturated carbocycles. The normalized spacial score (nSPS) is 27.7. The average Bonchev–Trinajstić information content (AvgIpc) is 3.66. The number of piperidine rings is 1. The van der Waals surface area contributed by atoms with Gasteiger partial charge in [-0.2, -0.15) is 0 Å². The van der Waals surface area contributed by atoms with Crippen LogP contribution in [0.5, 0.6) is 0 Å². The first-order chi connectivity index (χ1) is 17.2. The van der Waals surface area contributed by atoms with Crippen molar-refractivity contribution < 1.29 is 14.2 Å². The molecule has 3 saturated heterocycles. The van der Waals surface area contributed by atoms with Crippen molar-refractivity contribution >= 4 is 17.0 Å². The van der Waals surface area contributed by atoms with Crippen LogP contribution < -0.4 is 10.2 Å². The molecule has 0 amide bonds. The highest BCUT2D eigenvalue weighted by molar-refractivity contribution is 7.10. The summed E-state index contributed by atoms with van der Waals surface area (Å²) in [4.78, 5) is 8.80. The lowest BCUT2D eigenvalue weighted by Gasteiger charge is -2.46. The third-order valence-electron chi connectivity index (χ3n) is 8.84.